The maximum absolute atomic E-state index is 12.9. The van der Waals surface area contributed by atoms with Crippen LogP contribution < -0.4 is 5.32 Å². The average molecular weight is 383 g/mol. The number of hydrogen-bond donors (Lipinski definition) is 1. The van der Waals surface area contributed by atoms with Crippen LogP contribution in [0.3, 0.4) is 0 Å². The molecule has 2 aromatic carbocycles. The predicted octanol–water partition coefficient (Wildman–Crippen LogP) is 2.55. The Hall–Kier alpha value is -2.83. The van der Waals surface area contributed by atoms with E-state index in [-0.39, 0.29) is 24.1 Å². The van der Waals surface area contributed by atoms with Crippen LogP contribution in [0, 0.1) is 0 Å². The third-order valence-corrected chi connectivity index (χ3v) is 4.55. The zero-order valence-electron chi connectivity index (χ0n) is 15.0. The summed E-state index contributed by atoms with van der Waals surface area (Å²) in [6, 6.07) is 10.8. The van der Waals surface area contributed by atoms with Crippen LogP contribution in [0.5, 0.6) is 0 Å². The number of rotatable bonds is 4. The second-order valence-corrected chi connectivity index (χ2v) is 6.54. The van der Waals surface area contributed by atoms with E-state index in [1.807, 2.05) is 37.2 Å². The monoisotopic (exact) mass is 382 g/mol. The quantitative estimate of drug-likeness (QED) is 0.587. The van der Waals surface area contributed by atoms with E-state index in [1.165, 1.54) is 6.33 Å². The summed E-state index contributed by atoms with van der Waals surface area (Å²) < 4.78 is 0. The maximum atomic E-state index is 12.9. The van der Waals surface area contributed by atoms with Crippen LogP contribution in [-0.2, 0) is 0 Å². The van der Waals surface area contributed by atoms with E-state index >= 15 is 0 Å². The van der Waals surface area contributed by atoms with Crippen molar-refractivity contribution in [3.8, 4) is 11.3 Å². The number of hydrogen-bond acceptors (Lipinski definition) is 5. The number of carbonyl (C=O) groups excluding carboxylic acids is 2. The Morgan fingerprint density at radius 3 is 2.52 bits per heavy atom. The van der Waals surface area contributed by atoms with E-state index in [2.05, 4.69) is 15.3 Å². The summed E-state index contributed by atoms with van der Waals surface area (Å²) in [5.41, 5.74) is 3.61. The summed E-state index contributed by atoms with van der Waals surface area (Å²) >= 11 is 0. The van der Waals surface area contributed by atoms with Gasteiger partial charge in [-0.15, -0.1) is 12.4 Å². The molecule has 0 fully saturated rings. The van der Waals surface area contributed by atoms with Crippen molar-refractivity contribution in [2.24, 2.45) is 0 Å². The van der Waals surface area contributed by atoms with Crippen molar-refractivity contribution in [3.63, 3.8) is 0 Å². The summed E-state index contributed by atoms with van der Waals surface area (Å²) in [5.74, 6) is -0.262. The molecule has 0 atom stereocenters. The summed E-state index contributed by atoms with van der Waals surface area (Å²) in [7, 11) is 3.90. The van der Waals surface area contributed by atoms with Crippen molar-refractivity contribution in [2.75, 3.05) is 27.2 Å². The minimum absolute atomic E-state index is 0. The van der Waals surface area contributed by atoms with Crippen LogP contribution in [0.1, 0.15) is 26.3 Å². The predicted molar refractivity (Wildman–Crippen MR) is 107 cm³/mol. The Bertz CT molecular complexity index is 1050. The highest BCUT2D eigenvalue weighted by molar-refractivity contribution is 6.26. The molecule has 27 heavy (non-hydrogen) atoms. The van der Waals surface area contributed by atoms with Gasteiger partial charge in [0.1, 0.15) is 6.33 Å². The first-order chi connectivity index (χ1) is 12.6. The highest BCUT2D eigenvalue weighted by Gasteiger charge is 2.28. The van der Waals surface area contributed by atoms with Gasteiger partial charge in [0.2, 0.25) is 0 Å². The first kappa shape index (κ1) is 18.9. The van der Waals surface area contributed by atoms with Crippen molar-refractivity contribution in [2.45, 2.75) is 0 Å². The SMILES string of the molecule is CN(C)CCNC(=O)c1ccc2c3c(ncnc13)-c1ccccc1C2=O.Cl. The topological polar surface area (TPSA) is 75.2 Å². The van der Waals surface area contributed by atoms with Gasteiger partial charge in [-0.05, 0) is 26.2 Å². The molecular weight excluding hydrogens is 364 g/mol. The van der Waals surface area contributed by atoms with E-state index in [0.717, 1.165) is 12.1 Å². The molecule has 0 saturated carbocycles. The Morgan fingerprint density at radius 1 is 1.04 bits per heavy atom. The highest BCUT2D eigenvalue weighted by Crippen LogP contribution is 2.37. The molecule has 1 amide bonds. The Morgan fingerprint density at radius 2 is 1.78 bits per heavy atom. The lowest BCUT2D eigenvalue weighted by atomic mass is 9.86. The van der Waals surface area contributed by atoms with Crippen LogP contribution in [0.15, 0.2) is 42.7 Å². The van der Waals surface area contributed by atoms with Gasteiger partial charge in [-0.25, -0.2) is 9.97 Å². The largest absolute Gasteiger partial charge is 0.351 e. The molecule has 0 unspecified atom stereocenters. The summed E-state index contributed by atoms with van der Waals surface area (Å²) in [4.78, 5) is 36.2. The van der Waals surface area contributed by atoms with Gasteiger partial charge in [0.25, 0.3) is 5.91 Å². The fourth-order valence-corrected chi connectivity index (χ4v) is 3.27. The molecule has 1 aromatic heterocycles. The van der Waals surface area contributed by atoms with Gasteiger partial charge in [-0.2, -0.15) is 0 Å². The van der Waals surface area contributed by atoms with Crippen molar-refractivity contribution in [1.82, 2.24) is 20.2 Å². The lowest BCUT2D eigenvalue weighted by Crippen LogP contribution is -2.31. The van der Waals surface area contributed by atoms with Gasteiger partial charge in [-0.1, -0.05) is 24.3 Å². The van der Waals surface area contributed by atoms with Gasteiger partial charge in [0, 0.05) is 35.2 Å². The number of nitrogens with one attached hydrogen (secondary N) is 1. The second-order valence-electron chi connectivity index (χ2n) is 6.54. The molecule has 138 valence electrons. The summed E-state index contributed by atoms with van der Waals surface area (Å²) in [5, 5.41) is 3.55. The van der Waals surface area contributed by atoms with Crippen molar-refractivity contribution < 1.29 is 9.59 Å². The Kier molecular flexibility index (Phi) is 5.21. The smallest absolute Gasteiger partial charge is 0.253 e. The number of amides is 1. The summed E-state index contributed by atoms with van der Waals surface area (Å²) in [6.45, 7) is 1.28. The van der Waals surface area contributed by atoms with E-state index in [0.29, 0.717) is 39.8 Å². The van der Waals surface area contributed by atoms with Gasteiger partial charge >= 0.3 is 0 Å². The van der Waals surface area contributed by atoms with Crippen molar-refractivity contribution in [1.29, 1.82) is 0 Å². The standard InChI is InChI=1S/C20H18N4O2.ClH/c1-24(2)10-9-21-20(26)15-8-7-14-16-17(22-11-23-18(15)16)12-5-3-4-6-13(12)19(14)25;/h3-8,11H,9-10H2,1-2H3,(H,21,26);1H. The van der Waals surface area contributed by atoms with E-state index < -0.39 is 0 Å². The van der Waals surface area contributed by atoms with Crippen LogP contribution in [0.4, 0.5) is 0 Å². The number of carbonyl (C=O) groups is 2. The Balaban J connectivity index is 0.00000210. The first-order valence-electron chi connectivity index (χ1n) is 8.42. The lowest BCUT2D eigenvalue weighted by molar-refractivity contribution is 0.0951. The number of nitrogens with zero attached hydrogens (tertiary/aromatic N) is 3. The maximum Gasteiger partial charge on any atom is 0.253 e. The molecule has 0 saturated heterocycles. The fraction of sp³-hybridized carbons (Fsp3) is 0.200. The van der Waals surface area contributed by atoms with Crippen LogP contribution in [-0.4, -0.2) is 53.7 Å². The zero-order valence-corrected chi connectivity index (χ0v) is 15.8. The molecule has 0 aliphatic heterocycles. The van der Waals surface area contributed by atoms with Crippen LogP contribution >= 0.6 is 12.4 Å². The van der Waals surface area contributed by atoms with Gasteiger partial charge in [0.05, 0.1) is 16.8 Å². The molecule has 0 spiro atoms. The number of ketones is 1. The molecular formula is C20H19ClN4O2. The molecule has 1 heterocycles. The van der Waals surface area contributed by atoms with E-state index in [9.17, 15) is 9.59 Å². The minimum atomic E-state index is -0.200. The average Bonchev–Trinajstić information content (AvgIpc) is 2.65. The molecule has 0 radical (unpaired) electrons. The molecule has 1 N–H and O–H groups in total. The number of likely N-dealkylation sites (N-methyl/N-ethyl adjacent to an activating group) is 1. The molecule has 1 aliphatic rings. The van der Waals surface area contributed by atoms with Crippen molar-refractivity contribution >= 4 is 35.0 Å². The van der Waals surface area contributed by atoms with E-state index in [4.69, 9.17) is 0 Å². The molecule has 4 rings (SSSR count). The lowest BCUT2D eigenvalue weighted by Gasteiger charge is -2.19. The first-order valence-corrected chi connectivity index (χ1v) is 8.42. The molecule has 7 heteroatoms. The molecule has 0 bridgehead atoms. The van der Waals surface area contributed by atoms with Gasteiger partial charge in [-0.3, -0.25) is 9.59 Å². The van der Waals surface area contributed by atoms with Crippen LogP contribution in [0.25, 0.3) is 22.2 Å². The second kappa shape index (κ2) is 7.42. The number of halogens is 1. The molecule has 6 nitrogen and oxygen atoms in total. The van der Waals surface area contributed by atoms with Gasteiger partial charge < -0.3 is 10.2 Å². The zero-order chi connectivity index (χ0) is 18.3. The Labute approximate surface area is 163 Å². The molecule has 1 aliphatic carbocycles. The minimum Gasteiger partial charge on any atom is -0.351 e. The number of fused-ring (bicyclic) bond motifs is 2. The highest BCUT2D eigenvalue weighted by atomic mass is 35.5. The fourth-order valence-electron chi connectivity index (χ4n) is 3.27. The van der Waals surface area contributed by atoms with E-state index in [1.54, 1.807) is 18.2 Å². The molecule has 3 aromatic rings. The normalized spacial score (nSPS) is 11.9. The number of aromatic nitrogens is 2. The third-order valence-electron chi connectivity index (χ3n) is 4.55. The van der Waals surface area contributed by atoms with Gasteiger partial charge in [0.15, 0.2) is 5.78 Å². The van der Waals surface area contributed by atoms with Crippen LogP contribution in [0.2, 0.25) is 0 Å². The third kappa shape index (κ3) is 3.18. The van der Waals surface area contributed by atoms with Crippen molar-refractivity contribution in [3.05, 3.63) is 59.4 Å². The summed E-state index contributed by atoms with van der Waals surface area (Å²) in [6.07, 6.45) is 1.45. The number of benzene rings is 2.